The predicted octanol–water partition coefficient (Wildman–Crippen LogP) is 0.128. The van der Waals surface area contributed by atoms with E-state index in [2.05, 4.69) is 16.4 Å². The molecule has 0 spiro atoms. The molecular weight excluding hydrogens is 204 g/mol. The van der Waals surface area contributed by atoms with Gasteiger partial charge in [0.15, 0.2) is 11.4 Å². The maximum absolute atomic E-state index is 8.87. The normalized spacial score (nSPS) is 11.1. The van der Waals surface area contributed by atoms with Crippen LogP contribution in [-0.4, -0.2) is 22.1 Å². The van der Waals surface area contributed by atoms with E-state index in [9.17, 15) is 0 Å². The van der Waals surface area contributed by atoms with Crippen LogP contribution < -0.4 is 5.32 Å². The largest absolute Gasteiger partial charge is 0.319 e. The first-order valence-electron chi connectivity index (χ1n) is 4.75. The molecule has 1 rings (SSSR count). The van der Waals surface area contributed by atoms with Gasteiger partial charge in [0.05, 0.1) is 18.9 Å². The summed E-state index contributed by atoms with van der Waals surface area (Å²) in [6.07, 6.45) is 1.40. The van der Waals surface area contributed by atoms with Gasteiger partial charge in [-0.15, -0.1) is 0 Å². The quantitative estimate of drug-likeness (QED) is 0.767. The van der Waals surface area contributed by atoms with Crippen molar-refractivity contribution >= 4 is 0 Å². The van der Waals surface area contributed by atoms with Gasteiger partial charge in [0, 0.05) is 0 Å². The number of nitrogens with one attached hydrogen (secondary N) is 1. The topological polar surface area (TPSA) is 101 Å². The van der Waals surface area contributed by atoms with Crippen LogP contribution in [0, 0.1) is 34.0 Å². The number of imidazole rings is 1. The molecule has 1 N–H and O–H groups in total. The minimum absolute atomic E-state index is 0.0932. The third kappa shape index (κ3) is 2.36. The third-order valence-electron chi connectivity index (χ3n) is 2.04. The number of nitriles is 3. The minimum atomic E-state index is -0.391. The summed E-state index contributed by atoms with van der Waals surface area (Å²) >= 11 is 0. The molecule has 0 bridgehead atoms. The van der Waals surface area contributed by atoms with E-state index in [-0.39, 0.29) is 11.4 Å². The second kappa shape index (κ2) is 5.50. The highest BCUT2D eigenvalue weighted by Gasteiger charge is 2.13. The van der Waals surface area contributed by atoms with E-state index < -0.39 is 6.04 Å². The molecule has 0 amide bonds. The minimum Gasteiger partial charge on any atom is -0.319 e. The Labute approximate surface area is 93.4 Å². The fourth-order valence-electron chi connectivity index (χ4n) is 1.31. The van der Waals surface area contributed by atoms with Gasteiger partial charge in [0.2, 0.25) is 0 Å². The monoisotopic (exact) mass is 214 g/mol. The summed E-state index contributed by atoms with van der Waals surface area (Å²) in [5.41, 5.74) is 0.288. The van der Waals surface area contributed by atoms with E-state index in [1.54, 1.807) is 0 Å². The smallest absolute Gasteiger partial charge is 0.176 e. The molecule has 0 saturated carbocycles. The molecule has 6 nitrogen and oxygen atoms in total. The van der Waals surface area contributed by atoms with Crippen molar-refractivity contribution in [2.45, 2.75) is 19.5 Å². The van der Waals surface area contributed by atoms with E-state index in [0.29, 0.717) is 13.1 Å². The second-order valence-corrected chi connectivity index (χ2v) is 3.06. The van der Waals surface area contributed by atoms with Crippen molar-refractivity contribution in [3.63, 3.8) is 0 Å². The summed E-state index contributed by atoms with van der Waals surface area (Å²) in [4.78, 5) is 3.80. The molecule has 0 aliphatic heterocycles. The highest BCUT2D eigenvalue weighted by atomic mass is 15.1. The molecule has 0 aromatic carbocycles. The Hall–Kier alpha value is -2.36. The Bertz CT molecular complexity index is 481. The van der Waals surface area contributed by atoms with E-state index in [1.165, 1.54) is 10.9 Å². The number of hydrogen-bond donors (Lipinski definition) is 1. The Morgan fingerprint density at radius 2 is 2.19 bits per heavy atom. The lowest BCUT2D eigenvalue weighted by atomic mass is 10.3. The molecule has 0 fully saturated rings. The number of hydrogen-bond acceptors (Lipinski definition) is 5. The number of nitrogens with zero attached hydrogens (tertiary/aromatic N) is 5. The number of rotatable bonds is 4. The Morgan fingerprint density at radius 3 is 2.69 bits per heavy atom. The first-order chi connectivity index (χ1) is 7.76. The standard InChI is InChI=1S/C10H10N6/c1-2-14-8(3-11)6-16-7-15-9(4-12)10(16)5-13/h7-8,14H,2,6H2,1H3. The zero-order chi connectivity index (χ0) is 12.0. The SMILES string of the molecule is CCNC(C#N)Cn1cnc(C#N)c1C#N. The summed E-state index contributed by atoms with van der Waals surface area (Å²) in [5, 5.41) is 29.4. The van der Waals surface area contributed by atoms with Gasteiger partial charge in [0.25, 0.3) is 0 Å². The van der Waals surface area contributed by atoms with E-state index in [1.807, 2.05) is 19.1 Å². The van der Waals surface area contributed by atoms with Crippen molar-refractivity contribution in [3.8, 4) is 18.2 Å². The molecular formula is C10H10N6. The maximum Gasteiger partial charge on any atom is 0.176 e. The van der Waals surface area contributed by atoms with Gasteiger partial charge >= 0.3 is 0 Å². The summed E-state index contributed by atoms with van der Waals surface area (Å²) in [6.45, 7) is 2.87. The Kier molecular flexibility index (Phi) is 4.03. The van der Waals surface area contributed by atoms with Crippen LogP contribution >= 0.6 is 0 Å². The molecule has 0 aliphatic carbocycles. The van der Waals surface area contributed by atoms with Crippen LogP contribution in [0.15, 0.2) is 6.33 Å². The van der Waals surface area contributed by atoms with Crippen LogP contribution in [0.1, 0.15) is 18.3 Å². The van der Waals surface area contributed by atoms with Gasteiger partial charge < -0.3 is 9.88 Å². The number of aromatic nitrogens is 2. The zero-order valence-electron chi connectivity index (χ0n) is 8.80. The summed E-state index contributed by atoms with van der Waals surface area (Å²) in [5.74, 6) is 0. The van der Waals surface area contributed by atoms with Crippen molar-refractivity contribution in [2.75, 3.05) is 6.54 Å². The molecule has 1 heterocycles. The first kappa shape index (κ1) is 11.7. The van der Waals surface area contributed by atoms with Gasteiger partial charge in [-0.2, -0.15) is 15.8 Å². The van der Waals surface area contributed by atoms with Crippen molar-refractivity contribution in [2.24, 2.45) is 0 Å². The van der Waals surface area contributed by atoms with Crippen molar-refractivity contribution in [1.29, 1.82) is 15.8 Å². The van der Waals surface area contributed by atoms with E-state index >= 15 is 0 Å². The van der Waals surface area contributed by atoms with Crippen LogP contribution in [0.25, 0.3) is 0 Å². The molecule has 1 aromatic rings. The molecule has 0 saturated heterocycles. The van der Waals surface area contributed by atoms with Crippen molar-refractivity contribution in [1.82, 2.24) is 14.9 Å². The Balaban J connectivity index is 2.91. The highest BCUT2D eigenvalue weighted by molar-refractivity contribution is 5.36. The van der Waals surface area contributed by atoms with Crippen molar-refractivity contribution < 1.29 is 0 Å². The van der Waals surface area contributed by atoms with Gasteiger partial charge in [-0.3, -0.25) is 0 Å². The third-order valence-corrected chi connectivity index (χ3v) is 2.04. The molecule has 0 radical (unpaired) electrons. The van der Waals surface area contributed by atoms with E-state index in [4.69, 9.17) is 15.8 Å². The molecule has 6 heteroatoms. The van der Waals surface area contributed by atoms with Crippen molar-refractivity contribution in [3.05, 3.63) is 17.7 Å². The van der Waals surface area contributed by atoms with E-state index in [0.717, 1.165) is 0 Å². The molecule has 0 aliphatic rings. The van der Waals surface area contributed by atoms with Crippen LogP contribution in [0.4, 0.5) is 0 Å². The van der Waals surface area contributed by atoms with Gasteiger partial charge in [-0.25, -0.2) is 4.98 Å². The van der Waals surface area contributed by atoms with Crippen LogP contribution in [-0.2, 0) is 6.54 Å². The zero-order valence-corrected chi connectivity index (χ0v) is 8.80. The van der Waals surface area contributed by atoms with Crippen LogP contribution in [0.5, 0.6) is 0 Å². The lowest BCUT2D eigenvalue weighted by Gasteiger charge is -2.10. The molecule has 1 unspecified atom stereocenters. The van der Waals surface area contributed by atoms with Gasteiger partial charge in [-0.1, -0.05) is 6.92 Å². The predicted molar refractivity (Wildman–Crippen MR) is 54.7 cm³/mol. The molecule has 16 heavy (non-hydrogen) atoms. The molecule has 1 atom stereocenters. The van der Waals surface area contributed by atoms with Crippen LogP contribution in [0.3, 0.4) is 0 Å². The summed E-state index contributed by atoms with van der Waals surface area (Å²) in [6, 6.07) is 5.43. The van der Waals surface area contributed by atoms with Gasteiger partial charge in [-0.05, 0) is 6.54 Å². The second-order valence-electron chi connectivity index (χ2n) is 3.06. The fourth-order valence-corrected chi connectivity index (χ4v) is 1.31. The lowest BCUT2D eigenvalue weighted by molar-refractivity contribution is 0.533. The van der Waals surface area contributed by atoms with Crippen LogP contribution in [0.2, 0.25) is 0 Å². The lowest BCUT2D eigenvalue weighted by Crippen LogP contribution is -2.31. The maximum atomic E-state index is 8.87. The Morgan fingerprint density at radius 1 is 1.44 bits per heavy atom. The highest BCUT2D eigenvalue weighted by Crippen LogP contribution is 2.05. The summed E-state index contributed by atoms with van der Waals surface area (Å²) in [7, 11) is 0. The van der Waals surface area contributed by atoms with Gasteiger partial charge in [0.1, 0.15) is 18.2 Å². The molecule has 1 aromatic heterocycles. The summed E-state index contributed by atoms with van der Waals surface area (Å²) < 4.78 is 1.51. The fraction of sp³-hybridized carbons (Fsp3) is 0.400. The number of likely N-dealkylation sites (N-methyl/N-ethyl adjacent to an activating group) is 1. The average molecular weight is 214 g/mol. The average Bonchev–Trinajstić information content (AvgIpc) is 2.70. The molecule has 80 valence electrons. The first-order valence-corrected chi connectivity index (χ1v) is 4.75.